The van der Waals surface area contributed by atoms with Gasteiger partial charge in [-0.1, -0.05) is 20.8 Å². The van der Waals surface area contributed by atoms with E-state index in [-0.39, 0.29) is 5.91 Å². The van der Waals surface area contributed by atoms with E-state index in [1.54, 1.807) is 0 Å². The molecule has 0 radical (unpaired) electrons. The summed E-state index contributed by atoms with van der Waals surface area (Å²) >= 11 is 1.92. The Morgan fingerprint density at radius 1 is 1.46 bits per heavy atom. The molecule has 1 atom stereocenters. The molecule has 0 aliphatic rings. The summed E-state index contributed by atoms with van der Waals surface area (Å²) in [7, 11) is 0. The van der Waals surface area contributed by atoms with Crippen LogP contribution >= 0.6 is 11.8 Å². The molecule has 0 aliphatic heterocycles. The highest BCUT2D eigenvalue weighted by Gasteiger charge is 2.06. The van der Waals surface area contributed by atoms with Gasteiger partial charge in [0.25, 0.3) is 0 Å². The zero-order valence-corrected chi connectivity index (χ0v) is 9.49. The summed E-state index contributed by atoms with van der Waals surface area (Å²) in [6.45, 7) is 6.55. The Bertz CT molecular complexity index is 151. The molecule has 0 aromatic rings. The Labute approximate surface area is 84.8 Å². The van der Waals surface area contributed by atoms with Crippen LogP contribution in [0.15, 0.2) is 0 Å². The van der Waals surface area contributed by atoms with Crippen LogP contribution in [-0.2, 0) is 4.79 Å². The van der Waals surface area contributed by atoms with Gasteiger partial charge in [-0.15, -0.1) is 0 Å². The van der Waals surface area contributed by atoms with E-state index >= 15 is 0 Å². The molecule has 1 unspecified atom stereocenters. The van der Waals surface area contributed by atoms with Crippen molar-refractivity contribution in [2.45, 2.75) is 38.9 Å². The summed E-state index contributed by atoms with van der Waals surface area (Å²) in [4.78, 5) is 10.8. The highest BCUT2D eigenvalue weighted by Crippen LogP contribution is 2.18. The average molecular weight is 204 g/mol. The molecule has 0 saturated heterocycles. The normalized spacial score (nSPS) is 13.0. The molecule has 3 N–H and O–H groups in total. The van der Waals surface area contributed by atoms with Crippen molar-refractivity contribution in [2.24, 2.45) is 11.8 Å². The van der Waals surface area contributed by atoms with Crippen LogP contribution in [0.25, 0.3) is 0 Å². The number of carbonyl (C=O) groups excluding carboxylic acids is 1. The van der Waals surface area contributed by atoms with Gasteiger partial charge in [-0.3, -0.25) is 10.2 Å². The van der Waals surface area contributed by atoms with E-state index in [2.05, 4.69) is 26.2 Å². The van der Waals surface area contributed by atoms with Crippen molar-refractivity contribution in [1.29, 1.82) is 0 Å². The lowest BCUT2D eigenvalue weighted by Gasteiger charge is -2.11. The third-order valence-corrected chi connectivity index (χ3v) is 3.32. The lowest BCUT2D eigenvalue weighted by Crippen LogP contribution is -2.30. The number of carbonyl (C=O) groups is 1. The molecule has 78 valence electrons. The van der Waals surface area contributed by atoms with Gasteiger partial charge in [0.2, 0.25) is 5.91 Å². The Kier molecular flexibility index (Phi) is 7.09. The molecule has 0 aromatic heterocycles. The topological polar surface area (TPSA) is 55.1 Å². The highest BCUT2D eigenvalue weighted by molar-refractivity contribution is 7.99. The van der Waals surface area contributed by atoms with Gasteiger partial charge < -0.3 is 0 Å². The van der Waals surface area contributed by atoms with Crippen molar-refractivity contribution in [3.05, 3.63) is 0 Å². The predicted octanol–water partition coefficient (Wildman–Crippen LogP) is 1.53. The van der Waals surface area contributed by atoms with E-state index in [0.29, 0.717) is 11.7 Å². The van der Waals surface area contributed by atoms with Crippen molar-refractivity contribution in [3.63, 3.8) is 0 Å². The van der Waals surface area contributed by atoms with Gasteiger partial charge in [0.15, 0.2) is 0 Å². The van der Waals surface area contributed by atoms with Crippen LogP contribution in [0.2, 0.25) is 0 Å². The molecular weight excluding hydrogens is 184 g/mol. The first-order valence-corrected chi connectivity index (χ1v) is 5.72. The van der Waals surface area contributed by atoms with E-state index in [9.17, 15) is 4.79 Å². The summed E-state index contributed by atoms with van der Waals surface area (Å²) in [6, 6.07) is 0. The number of hydrazine groups is 1. The quantitative estimate of drug-likeness (QED) is 0.392. The molecule has 1 amide bonds. The van der Waals surface area contributed by atoms with Crippen molar-refractivity contribution >= 4 is 17.7 Å². The maximum atomic E-state index is 10.8. The van der Waals surface area contributed by atoms with Gasteiger partial charge in [-0.2, -0.15) is 11.8 Å². The molecule has 0 bridgehead atoms. The first-order chi connectivity index (χ1) is 6.06. The fourth-order valence-corrected chi connectivity index (χ4v) is 1.84. The minimum absolute atomic E-state index is 0.0722. The first-order valence-electron chi connectivity index (χ1n) is 4.67. The predicted molar refractivity (Wildman–Crippen MR) is 58.3 cm³/mol. The zero-order valence-electron chi connectivity index (χ0n) is 8.67. The number of thioether (sulfide) groups is 1. The zero-order chi connectivity index (χ0) is 10.3. The van der Waals surface area contributed by atoms with E-state index < -0.39 is 0 Å². The number of amides is 1. The van der Waals surface area contributed by atoms with E-state index in [1.165, 1.54) is 0 Å². The Hall–Kier alpha value is -0.220. The average Bonchev–Trinajstić information content (AvgIpc) is 2.10. The number of nitrogens with one attached hydrogen (secondary N) is 1. The molecule has 0 rings (SSSR count). The first kappa shape index (κ1) is 12.8. The van der Waals surface area contributed by atoms with E-state index in [0.717, 1.165) is 18.1 Å². The fraction of sp³-hybridized carbons (Fsp3) is 0.889. The molecular formula is C9H20N2OS. The summed E-state index contributed by atoms with van der Waals surface area (Å²) in [6.07, 6.45) is 1.43. The lowest BCUT2D eigenvalue weighted by molar-refractivity contribution is -0.121. The van der Waals surface area contributed by atoms with E-state index in [4.69, 9.17) is 5.84 Å². The van der Waals surface area contributed by atoms with Gasteiger partial charge in [0, 0.05) is 11.7 Å². The van der Waals surface area contributed by atoms with Crippen LogP contribution in [0.3, 0.4) is 0 Å². The minimum Gasteiger partial charge on any atom is -0.294 e. The molecule has 0 fully saturated rings. The van der Waals surface area contributed by atoms with Crippen molar-refractivity contribution in [2.75, 3.05) is 5.75 Å². The van der Waals surface area contributed by atoms with Gasteiger partial charge in [-0.25, -0.2) is 5.84 Å². The van der Waals surface area contributed by atoms with Gasteiger partial charge in [-0.05, 0) is 18.1 Å². The Morgan fingerprint density at radius 3 is 2.54 bits per heavy atom. The van der Waals surface area contributed by atoms with Crippen LogP contribution in [-0.4, -0.2) is 16.9 Å². The third-order valence-electron chi connectivity index (χ3n) is 1.65. The lowest BCUT2D eigenvalue weighted by atomic mass is 10.2. The molecule has 3 nitrogen and oxygen atoms in total. The second-order valence-corrected chi connectivity index (χ2v) is 5.12. The van der Waals surface area contributed by atoms with Gasteiger partial charge >= 0.3 is 0 Å². The monoisotopic (exact) mass is 204 g/mol. The van der Waals surface area contributed by atoms with Crippen molar-refractivity contribution in [3.8, 4) is 0 Å². The maximum absolute atomic E-state index is 10.8. The largest absolute Gasteiger partial charge is 0.294 e. The summed E-state index contributed by atoms with van der Waals surface area (Å²) in [5.41, 5.74) is 2.14. The summed E-state index contributed by atoms with van der Waals surface area (Å²) in [5, 5.41) is 0.541. The Morgan fingerprint density at radius 2 is 2.08 bits per heavy atom. The molecule has 0 spiro atoms. The van der Waals surface area contributed by atoms with Gasteiger partial charge in [0.1, 0.15) is 0 Å². The van der Waals surface area contributed by atoms with Crippen LogP contribution in [0.5, 0.6) is 0 Å². The second kappa shape index (κ2) is 7.21. The summed E-state index contributed by atoms with van der Waals surface area (Å²) < 4.78 is 0. The van der Waals surface area contributed by atoms with E-state index in [1.807, 2.05) is 11.8 Å². The molecule has 0 aliphatic carbocycles. The van der Waals surface area contributed by atoms with Crippen LogP contribution in [0.4, 0.5) is 0 Å². The van der Waals surface area contributed by atoms with Crippen LogP contribution in [0.1, 0.15) is 33.6 Å². The smallest absolute Gasteiger partial charge is 0.233 e. The number of hydrogen-bond donors (Lipinski definition) is 2. The Balaban J connectivity index is 3.40. The molecule has 0 heterocycles. The van der Waals surface area contributed by atoms with Crippen molar-refractivity contribution < 1.29 is 4.79 Å². The molecule has 13 heavy (non-hydrogen) atoms. The maximum Gasteiger partial charge on any atom is 0.233 e. The number of rotatable bonds is 6. The third kappa shape index (κ3) is 8.12. The molecule has 0 aromatic carbocycles. The number of hydrogen-bond acceptors (Lipinski definition) is 3. The number of nitrogens with two attached hydrogens (primary N) is 1. The minimum atomic E-state index is -0.0722. The SMILES string of the molecule is CC(C)CSC(C)CCC(=O)NN. The van der Waals surface area contributed by atoms with Crippen LogP contribution in [0, 0.1) is 5.92 Å². The van der Waals surface area contributed by atoms with Crippen molar-refractivity contribution in [1.82, 2.24) is 5.43 Å². The molecule has 4 heteroatoms. The standard InChI is InChI=1S/C9H20N2OS/c1-7(2)6-13-8(3)4-5-9(12)11-10/h7-8H,4-6,10H2,1-3H3,(H,11,12). The van der Waals surface area contributed by atoms with Gasteiger partial charge in [0.05, 0.1) is 0 Å². The fourth-order valence-electron chi connectivity index (χ4n) is 0.847. The highest BCUT2D eigenvalue weighted by atomic mass is 32.2. The molecule has 0 saturated carbocycles. The second-order valence-electron chi connectivity index (χ2n) is 3.64. The van der Waals surface area contributed by atoms with Crippen LogP contribution < -0.4 is 11.3 Å². The summed E-state index contributed by atoms with van der Waals surface area (Å²) in [5.74, 6) is 6.78.